The molecule has 4 aliphatic carbocycles. The summed E-state index contributed by atoms with van der Waals surface area (Å²) in [6.07, 6.45) is 7.04. The Kier molecular flexibility index (Phi) is 3.64. The molecule has 24 heavy (non-hydrogen) atoms. The highest BCUT2D eigenvalue weighted by Crippen LogP contribution is 2.57. The van der Waals surface area contributed by atoms with Gasteiger partial charge in [0, 0.05) is 16.6 Å². The summed E-state index contributed by atoms with van der Waals surface area (Å²) in [7, 11) is -1.57. The Morgan fingerprint density at radius 3 is 2.17 bits per heavy atom. The normalized spacial score (nSPS) is 37.5. The minimum absolute atomic E-state index is 0.0912. The van der Waals surface area contributed by atoms with Gasteiger partial charge in [-0.25, -0.2) is 13.1 Å². The van der Waals surface area contributed by atoms with Crippen LogP contribution in [-0.2, 0) is 10.0 Å². The van der Waals surface area contributed by atoms with Gasteiger partial charge in [0.15, 0.2) is 0 Å². The third kappa shape index (κ3) is 2.61. The number of rotatable bonds is 5. The number of hydrogen-bond donors (Lipinski definition) is 2. The van der Waals surface area contributed by atoms with Gasteiger partial charge >= 0.3 is 0 Å². The zero-order valence-corrected chi connectivity index (χ0v) is 14.7. The number of sulfonamides is 1. The van der Waals surface area contributed by atoms with E-state index < -0.39 is 10.0 Å². The molecular formula is C18H24N2O3S. The summed E-state index contributed by atoms with van der Waals surface area (Å²) in [6, 6.07) is 6.13. The summed E-state index contributed by atoms with van der Waals surface area (Å²) >= 11 is 0. The average molecular weight is 348 g/mol. The molecular weight excluding hydrogens is 324 g/mol. The molecule has 0 spiro atoms. The Morgan fingerprint density at radius 2 is 1.62 bits per heavy atom. The molecule has 0 aliphatic heterocycles. The number of nitrogens with one attached hydrogen (secondary N) is 2. The van der Waals surface area contributed by atoms with Gasteiger partial charge in [0.1, 0.15) is 6.29 Å². The van der Waals surface area contributed by atoms with Gasteiger partial charge < -0.3 is 5.32 Å². The smallest absolute Gasteiger partial charge is 0.241 e. The summed E-state index contributed by atoms with van der Waals surface area (Å²) in [5.74, 6) is 1.22. The van der Waals surface area contributed by atoms with E-state index in [0.717, 1.165) is 38.4 Å². The van der Waals surface area contributed by atoms with Crippen molar-refractivity contribution < 1.29 is 13.2 Å². The van der Waals surface area contributed by atoms with Crippen molar-refractivity contribution >= 4 is 16.3 Å². The van der Waals surface area contributed by atoms with Gasteiger partial charge in [0.05, 0.1) is 4.90 Å². The maximum atomic E-state index is 12.9. The summed E-state index contributed by atoms with van der Waals surface area (Å²) in [6.45, 7) is 0. The van der Waals surface area contributed by atoms with Crippen molar-refractivity contribution in [1.29, 1.82) is 0 Å². The molecule has 4 bridgehead atoms. The van der Waals surface area contributed by atoms with Gasteiger partial charge in [-0.3, -0.25) is 4.79 Å². The first-order chi connectivity index (χ1) is 11.4. The first kappa shape index (κ1) is 16.2. The van der Waals surface area contributed by atoms with Crippen molar-refractivity contribution in [2.24, 2.45) is 11.8 Å². The zero-order chi connectivity index (χ0) is 17.0. The lowest BCUT2D eigenvalue weighted by atomic mass is 9.50. The fourth-order valence-electron chi connectivity index (χ4n) is 5.74. The predicted molar refractivity (Wildman–Crippen MR) is 91.4 cm³/mol. The monoisotopic (exact) mass is 348 g/mol. The Bertz CT molecular complexity index is 743. The van der Waals surface area contributed by atoms with E-state index in [9.17, 15) is 13.2 Å². The minimum Gasteiger partial charge on any atom is -0.314 e. The molecule has 4 aliphatic rings. The maximum Gasteiger partial charge on any atom is 0.241 e. The highest BCUT2D eigenvalue weighted by atomic mass is 32.2. The first-order valence-electron chi connectivity index (χ1n) is 8.66. The van der Waals surface area contributed by atoms with Crippen LogP contribution >= 0.6 is 0 Å². The molecule has 1 aromatic rings. The Morgan fingerprint density at radius 1 is 1.04 bits per heavy atom. The quantitative estimate of drug-likeness (QED) is 0.799. The Balaban J connectivity index is 1.62. The van der Waals surface area contributed by atoms with Gasteiger partial charge in [-0.1, -0.05) is 12.1 Å². The maximum absolute atomic E-state index is 12.9. The third-order valence-corrected chi connectivity index (χ3v) is 7.86. The lowest BCUT2D eigenvalue weighted by molar-refractivity contribution is -0.0393. The lowest BCUT2D eigenvalue weighted by Gasteiger charge is -2.62. The Labute approximate surface area is 143 Å². The van der Waals surface area contributed by atoms with E-state index in [0.29, 0.717) is 17.4 Å². The first-order valence-corrected chi connectivity index (χ1v) is 10.1. The predicted octanol–water partition coefficient (Wildman–Crippen LogP) is 2.09. The average Bonchev–Trinajstić information content (AvgIpc) is 2.52. The molecule has 4 saturated carbocycles. The van der Waals surface area contributed by atoms with Gasteiger partial charge in [0.2, 0.25) is 10.0 Å². The second-order valence-electron chi connectivity index (χ2n) is 8.06. The molecule has 4 fully saturated rings. The van der Waals surface area contributed by atoms with Crippen molar-refractivity contribution in [3.8, 4) is 0 Å². The van der Waals surface area contributed by atoms with Crippen LogP contribution in [0, 0.1) is 11.8 Å². The molecule has 5 nitrogen and oxygen atoms in total. The van der Waals surface area contributed by atoms with Crippen LogP contribution in [0.2, 0.25) is 0 Å². The van der Waals surface area contributed by atoms with Crippen LogP contribution < -0.4 is 10.0 Å². The SMILES string of the molecule is CNC12C[C@H]3C[C@@H](C1)CC(NS(=O)(=O)c1ccc(C=O)cc1)(C3)C2. The molecule has 6 heteroatoms. The van der Waals surface area contributed by atoms with E-state index in [-0.39, 0.29) is 16.0 Å². The fraction of sp³-hybridized carbons (Fsp3) is 0.611. The van der Waals surface area contributed by atoms with Crippen molar-refractivity contribution in [3.63, 3.8) is 0 Å². The van der Waals surface area contributed by atoms with E-state index in [4.69, 9.17) is 0 Å². The molecule has 4 atom stereocenters. The van der Waals surface area contributed by atoms with Crippen LogP contribution in [-0.4, -0.2) is 32.8 Å². The van der Waals surface area contributed by atoms with E-state index in [2.05, 4.69) is 10.0 Å². The molecule has 1 aromatic carbocycles. The van der Waals surface area contributed by atoms with Crippen LogP contribution in [0.1, 0.15) is 48.9 Å². The number of carbonyl (C=O) groups excluding carboxylic acids is 1. The molecule has 0 aromatic heterocycles. The van der Waals surface area contributed by atoms with Crippen LogP contribution in [0.5, 0.6) is 0 Å². The number of aldehydes is 1. The van der Waals surface area contributed by atoms with Crippen molar-refractivity contribution in [1.82, 2.24) is 10.0 Å². The van der Waals surface area contributed by atoms with Gasteiger partial charge in [-0.15, -0.1) is 0 Å². The van der Waals surface area contributed by atoms with Crippen LogP contribution in [0.25, 0.3) is 0 Å². The molecule has 0 amide bonds. The van der Waals surface area contributed by atoms with Gasteiger partial charge in [-0.2, -0.15) is 0 Å². The van der Waals surface area contributed by atoms with E-state index in [1.54, 1.807) is 12.1 Å². The number of hydrogen-bond acceptors (Lipinski definition) is 4. The van der Waals surface area contributed by atoms with Crippen LogP contribution in [0.4, 0.5) is 0 Å². The molecule has 2 unspecified atom stereocenters. The lowest BCUT2D eigenvalue weighted by Crippen LogP contribution is -2.68. The van der Waals surface area contributed by atoms with Gasteiger partial charge in [-0.05, 0) is 69.5 Å². The highest BCUT2D eigenvalue weighted by Gasteiger charge is 2.58. The molecule has 5 rings (SSSR count). The molecule has 0 radical (unpaired) electrons. The standard InChI is InChI=1S/C18H24N2O3S/c1-19-17-7-14-6-15(8-17)10-18(9-14,12-17)20-24(22,23)16-4-2-13(11-21)3-5-16/h2-5,11,14-15,19-20H,6-10,12H2,1H3/t14-,15+,17?,18?. The highest BCUT2D eigenvalue weighted by molar-refractivity contribution is 7.89. The summed E-state index contributed by atoms with van der Waals surface area (Å²) in [4.78, 5) is 11.0. The number of benzene rings is 1. The second kappa shape index (κ2) is 5.38. The molecule has 0 heterocycles. The largest absolute Gasteiger partial charge is 0.314 e. The van der Waals surface area contributed by atoms with Gasteiger partial charge in [0.25, 0.3) is 0 Å². The molecule has 0 saturated heterocycles. The van der Waals surface area contributed by atoms with Crippen molar-refractivity contribution in [3.05, 3.63) is 29.8 Å². The van der Waals surface area contributed by atoms with Crippen LogP contribution in [0.3, 0.4) is 0 Å². The third-order valence-electron chi connectivity index (χ3n) is 6.27. The Hall–Kier alpha value is -1.24. The van der Waals surface area contributed by atoms with Crippen molar-refractivity contribution in [2.75, 3.05) is 7.05 Å². The minimum atomic E-state index is -3.58. The fourth-order valence-corrected chi connectivity index (χ4v) is 7.17. The topological polar surface area (TPSA) is 75.3 Å². The van der Waals surface area contributed by atoms with E-state index in [1.165, 1.54) is 18.6 Å². The van der Waals surface area contributed by atoms with Crippen molar-refractivity contribution in [2.45, 2.75) is 54.5 Å². The second-order valence-corrected chi connectivity index (χ2v) is 9.75. The molecule has 2 N–H and O–H groups in total. The number of carbonyl (C=O) groups is 1. The summed E-state index contributed by atoms with van der Waals surface area (Å²) < 4.78 is 28.8. The van der Waals surface area contributed by atoms with E-state index in [1.807, 2.05) is 7.05 Å². The summed E-state index contributed by atoms with van der Waals surface area (Å²) in [5.41, 5.74) is 0.251. The van der Waals surface area contributed by atoms with E-state index >= 15 is 0 Å². The summed E-state index contributed by atoms with van der Waals surface area (Å²) in [5, 5.41) is 3.50. The zero-order valence-electron chi connectivity index (χ0n) is 13.9. The van der Waals surface area contributed by atoms with Crippen LogP contribution in [0.15, 0.2) is 29.2 Å². The molecule has 130 valence electrons.